The highest BCUT2D eigenvalue weighted by atomic mass is 19.4. The first-order chi connectivity index (χ1) is 14.0. The van der Waals surface area contributed by atoms with Crippen LogP contribution in [0.4, 0.5) is 71.5 Å². The van der Waals surface area contributed by atoms with Crippen LogP contribution in [0, 0.1) is 11.3 Å². The van der Waals surface area contributed by atoms with Gasteiger partial charge in [-0.25, -0.2) is 0 Å². The van der Waals surface area contributed by atoms with E-state index in [1.165, 1.54) is 0 Å². The summed E-state index contributed by atoms with van der Waals surface area (Å²) in [5.74, 6) is -2.26. The van der Waals surface area contributed by atoms with Gasteiger partial charge in [-0.1, -0.05) is 0 Å². The Labute approximate surface area is 165 Å². The van der Waals surface area contributed by atoms with Crippen LogP contribution in [-0.2, 0) is 35.7 Å². The molecular formula is C14H3F15N2O. The number of carbonyl (C=O) groups is 1. The van der Waals surface area contributed by atoms with Gasteiger partial charge in [0.05, 0.1) is 39.6 Å². The highest BCUT2D eigenvalue weighted by Gasteiger charge is 2.60. The Balaban J connectivity index is 4.69. The Morgan fingerprint density at radius 1 is 0.594 bits per heavy atom. The predicted octanol–water partition coefficient (Wildman–Crippen LogP) is 6.63. The van der Waals surface area contributed by atoms with Crippen molar-refractivity contribution < 1.29 is 70.7 Å². The molecule has 1 aromatic carbocycles. The van der Waals surface area contributed by atoms with E-state index >= 15 is 0 Å². The number of nitrogens with zero attached hydrogens (tertiary/aromatic N) is 1. The fraction of sp³-hybridized carbons (Fsp3) is 0.429. The molecule has 0 fully saturated rings. The van der Waals surface area contributed by atoms with Gasteiger partial charge in [-0.05, 0) is 0 Å². The number of nitriles is 1. The highest BCUT2D eigenvalue weighted by Crippen LogP contribution is 2.58. The quantitative estimate of drug-likeness (QED) is 0.464. The molecule has 1 N–H and O–H groups in total. The van der Waals surface area contributed by atoms with Crippen LogP contribution in [0.3, 0.4) is 0 Å². The minimum Gasteiger partial charge on any atom is -0.324 e. The van der Waals surface area contributed by atoms with Crippen molar-refractivity contribution in [2.75, 3.05) is 5.32 Å². The summed E-state index contributed by atoms with van der Waals surface area (Å²) in [6.45, 7) is 0. The number of nitrogens with one attached hydrogen (secondary N) is 1. The second-order valence-corrected chi connectivity index (χ2v) is 5.62. The van der Waals surface area contributed by atoms with Gasteiger partial charge in [0.25, 0.3) is 0 Å². The molecule has 0 spiro atoms. The average Bonchev–Trinajstić information content (AvgIpc) is 2.48. The Morgan fingerprint density at radius 2 is 0.844 bits per heavy atom. The third-order valence-corrected chi connectivity index (χ3v) is 3.42. The van der Waals surface area contributed by atoms with Gasteiger partial charge < -0.3 is 5.32 Å². The number of carbonyl (C=O) groups excluding carboxylic acids is 1. The number of hydrogen-bond acceptors (Lipinski definition) is 2. The topological polar surface area (TPSA) is 52.9 Å². The first-order valence-corrected chi connectivity index (χ1v) is 7.22. The molecule has 0 saturated heterocycles. The van der Waals surface area contributed by atoms with Gasteiger partial charge in [0.15, 0.2) is 0 Å². The highest BCUT2D eigenvalue weighted by molar-refractivity contribution is 5.95. The lowest BCUT2D eigenvalue weighted by Crippen LogP contribution is -2.33. The summed E-state index contributed by atoms with van der Waals surface area (Å²) in [6, 6.07) is 0.830. The van der Waals surface area contributed by atoms with Crippen molar-refractivity contribution in [1.82, 2.24) is 0 Å². The molecule has 0 unspecified atom stereocenters. The van der Waals surface area contributed by atoms with Crippen molar-refractivity contribution in [2.24, 2.45) is 0 Å². The van der Waals surface area contributed by atoms with Crippen molar-refractivity contribution in [3.05, 3.63) is 27.8 Å². The van der Waals surface area contributed by atoms with Crippen LogP contribution in [0.1, 0.15) is 34.2 Å². The summed E-state index contributed by atoms with van der Waals surface area (Å²) >= 11 is 0. The van der Waals surface area contributed by atoms with Crippen LogP contribution in [0.2, 0.25) is 0 Å². The number of alkyl halides is 15. The van der Waals surface area contributed by atoms with E-state index in [0.717, 1.165) is 6.07 Å². The fourth-order valence-corrected chi connectivity index (χ4v) is 2.55. The number of anilines is 1. The van der Waals surface area contributed by atoms with Crippen LogP contribution in [0.5, 0.6) is 0 Å². The van der Waals surface area contributed by atoms with E-state index in [0.29, 0.717) is 5.32 Å². The molecule has 0 radical (unpaired) electrons. The molecule has 0 aromatic heterocycles. The predicted molar refractivity (Wildman–Crippen MR) is 70.3 cm³/mol. The maximum absolute atomic E-state index is 13.3. The lowest BCUT2D eigenvalue weighted by molar-refractivity contribution is -0.188. The van der Waals surface area contributed by atoms with Crippen LogP contribution in [-0.4, -0.2) is 5.91 Å². The minimum absolute atomic E-state index is 0.428. The molecule has 1 rings (SSSR count). The zero-order valence-electron chi connectivity index (χ0n) is 14.2. The number of hydrogen-bond donors (Lipinski definition) is 1. The lowest BCUT2D eigenvalue weighted by Gasteiger charge is -2.30. The number of rotatable bonds is 2. The molecule has 180 valence electrons. The molecule has 0 aliphatic heterocycles. The molecule has 0 heterocycles. The second kappa shape index (κ2) is 7.92. The third-order valence-electron chi connectivity index (χ3n) is 3.42. The molecule has 18 heteroatoms. The van der Waals surface area contributed by atoms with Gasteiger partial charge in [0, 0.05) is 0 Å². The van der Waals surface area contributed by atoms with Gasteiger partial charge in [-0.2, -0.15) is 71.1 Å². The van der Waals surface area contributed by atoms with Gasteiger partial charge in [0.2, 0.25) is 5.91 Å². The van der Waals surface area contributed by atoms with Crippen LogP contribution in [0.25, 0.3) is 0 Å². The molecule has 1 amide bonds. The van der Waals surface area contributed by atoms with E-state index in [9.17, 15) is 70.7 Å². The second-order valence-electron chi connectivity index (χ2n) is 5.62. The summed E-state index contributed by atoms with van der Waals surface area (Å²) in [5, 5.41) is 8.66. The summed E-state index contributed by atoms with van der Waals surface area (Å²) in [4.78, 5) is 11.3. The Kier molecular flexibility index (Phi) is 6.72. The fourth-order valence-electron chi connectivity index (χ4n) is 2.55. The molecule has 3 nitrogen and oxygen atoms in total. The van der Waals surface area contributed by atoms with E-state index in [2.05, 4.69) is 0 Å². The molecule has 32 heavy (non-hydrogen) atoms. The summed E-state index contributed by atoms with van der Waals surface area (Å²) in [5.41, 5.74) is -23.6. The zero-order valence-corrected chi connectivity index (χ0v) is 14.2. The van der Waals surface area contributed by atoms with Gasteiger partial charge in [-0.3, -0.25) is 4.79 Å². The maximum atomic E-state index is 13.3. The van der Waals surface area contributed by atoms with Gasteiger partial charge in [0.1, 0.15) is 6.42 Å². The molecule has 0 bridgehead atoms. The molecule has 1 aromatic rings. The van der Waals surface area contributed by atoms with Crippen molar-refractivity contribution in [3.8, 4) is 6.07 Å². The molecular weight excluding hydrogens is 497 g/mol. The van der Waals surface area contributed by atoms with Crippen LogP contribution in [0.15, 0.2) is 0 Å². The van der Waals surface area contributed by atoms with E-state index in [1.807, 2.05) is 0 Å². The van der Waals surface area contributed by atoms with E-state index in [4.69, 9.17) is 5.26 Å². The Morgan fingerprint density at radius 3 is 1.06 bits per heavy atom. The minimum atomic E-state index is -7.02. The monoisotopic (exact) mass is 500 g/mol. The Bertz CT molecular complexity index is 885. The first-order valence-electron chi connectivity index (χ1n) is 7.22. The smallest absolute Gasteiger partial charge is 0.324 e. The summed E-state index contributed by atoms with van der Waals surface area (Å²) in [7, 11) is 0. The summed E-state index contributed by atoms with van der Waals surface area (Å²) < 4.78 is 199. The standard InChI is InChI=1S/C14H3F15N2O/c15-10(16,17)4-5(11(18,19)20)7(13(24,25)26)9(31-3(32)1-2-30)8(14(27,28)29)6(4)12(21,22)23/h1H2,(H,31,32). The van der Waals surface area contributed by atoms with E-state index in [1.54, 1.807) is 0 Å². The normalized spacial score (nSPS) is 13.7. The molecule has 0 aliphatic carbocycles. The van der Waals surface area contributed by atoms with Crippen molar-refractivity contribution in [2.45, 2.75) is 37.3 Å². The van der Waals surface area contributed by atoms with Gasteiger partial charge in [-0.15, -0.1) is 0 Å². The summed E-state index contributed by atoms with van der Waals surface area (Å²) in [6.07, 6.45) is -36.1. The SMILES string of the molecule is N#CCC(=O)Nc1c(C(F)(F)F)c(C(F)(F)F)c(C(F)(F)F)c(C(F)(F)F)c1C(F)(F)F. The molecule has 0 atom stereocenters. The first kappa shape index (κ1) is 27.2. The average molecular weight is 500 g/mol. The van der Waals surface area contributed by atoms with E-state index < -0.39 is 76.7 Å². The van der Waals surface area contributed by atoms with E-state index in [-0.39, 0.29) is 0 Å². The maximum Gasteiger partial charge on any atom is 0.419 e. The van der Waals surface area contributed by atoms with Crippen molar-refractivity contribution in [3.63, 3.8) is 0 Å². The number of halogens is 15. The van der Waals surface area contributed by atoms with Crippen molar-refractivity contribution in [1.29, 1.82) is 5.26 Å². The Hall–Kier alpha value is -2.87. The largest absolute Gasteiger partial charge is 0.419 e. The van der Waals surface area contributed by atoms with Crippen molar-refractivity contribution >= 4 is 11.6 Å². The molecule has 0 aliphatic rings. The molecule has 0 saturated carbocycles. The number of amides is 1. The number of benzene rings is 1. The van der Waals surface area contributed by atoms with Crippen LogP contribution >= 0.6 is 0 Å². The zero-order chi connectivity index (χ0) is 25.7. The van der Waals surface area contributed by atoms with Crippen LogP contribution < -0.4 is 5.32 Å². The van der Waals surface area contributed by atoms with Gasteiger partial charge >= 0.3 is 30.9 Å². The lowest BCUT2D eigenvalue weighted by atomic mass is 9.87. The third kappa shape index (κ3) is 5.48.